The minimum absolute atomic E-state index is 0.162. The molecule has 0 radical (unpaired) electrons. The van der Waals surface area contributed by atoms with Crippen molar-refractivity contribution in [2.75, 3.05) is 7.11 Å². The van der Waals surface area contributed by atoms with Crippen LogP contribution in [0, 0.1) is 0 Å². The summed E-state index contributed by atoms with van der Waals surface area (Å²) in [6, 6.07) is 10.9. The van der Waals surface area contributed by atoms with Gasteiger partial charge in [-0.25, -0.2) is 4.99 Å². The first-order valence-electron chi connectivity index (χ1n) is 5.90. The molecule has 1 amide bonds. The smallest absolute Gasteiger partial charge is 0.256 e. The summed E-state index contributed by atoms with van der Waals surface area (Å²) in [6.45, 7) is 0. The first-order chi connectivity index (χ1) is 9.20. The predicted octanol–water partition coefficient (Wildman–Crippen LogP) is 1.33. The number of ether oxygens (including phenoxy) is 1. The molecular formula is C14H13N3O2. The molecular weight excluding hydrogens is 242 g/mol. The number of hydrogen-bond donors (Lipinski definition) is 2. The van der Waals surface area contributed by atoms with E-state index >= 15 is 0 Å². The number of benzene rings is 2. The van der Waals surface area contributed by atoms with Gasteiger partial charge in [0.15, 0.2) is 12.0 Å². The second kappa shape index (κ2) is 4.28. The summed E-state index contributed by atoms with van der Waals surface area (Å²) in [7, 11) is 1.62. The summed E-state index contributed by atoms with van der Waals surface area (Å²) in [4.78, 5) is 16.0. The molecule has 0 saturated heterocycles. The zero-order valence-electron chi connectivity index (χ0n) is 10.4. The van der Waals surface area contributed by atoms with E-state index in [1.165, 1.54) is 0 Å². The Balaban J connectivity index is 2.23. The van der Waals surface area contributed by atoms with Crippen LogP contribution in [0.2, 0.25) is 0 Å². The number of aliphatic imine (C=N–C) groups is 1. The van der Waals surface area contributed by atoms with Crippen LogP contribution in [-0.4, -0.2) is 19.0 Å². The second-order valence-electron chi connectivity index (χ2n) is 4.31. The van der Waals surface area contributed by atoms with Crippen molar-refractivity contribution in [2.24, 2.45) is 10.7 Å². The molecule has 1 unspecified atom stereocenters. The zero-order chi connectivity index (χ0) is 13.4. The number of nitrogens with zero attached hydrogens (tertiary/aromatic N) is 1. The fourth-order valence-corrected chi connectivity index (χ4v) is 2.35. The summed E-state index contributed by atoms with van der Waals surface area (Å²) < 4.78 is 5.33. The fourth-order valence-electron chi connectivity index (χ4n) is 2.35. The number of nitrogens with two attached hydrogens (primary N) is 1. The fraction of sp³-hybridized carbons (Fsp3) is 0.143. The number of rotatable bonds is 2. The van der Waals surface area contributed by atoms with Gasteiger partial charge in [0, 0.05) is 5.39 Å². The number of hydrogen-bond acceptors (Lipinski definition) is 4. The Labute approximate surface area is 110 Å². The molecule has 1 aliphatic rings. The minimum Gasteiger partial charge on any atom is -0.496 e. The van der Waals surface area contributed by atoms with Crippen LogP contribution >= 0.6 is 0 Å². The quantitative estimate of drug-likeness (QED) is 0.850. The lowest BCUT2D eigenvalue weighted by Gasteiger charge is -2.12. The monoisotopic (exact) mass is 255 g/mol. The van der Waals surface area contributed by atoms with Gasteiger partial charge in [-0.1, -0.05) is 30.3 Å². The minimum atomic E-state index is -0.587. The van der Waals surface area contributed by atoms with Crippen molar-refractivity contribution < 1.29 is 9.53 Å². The molecule has 5 nitrogen and oxygen atoms in total. The van der Waals surface area contributed by atoms with E-state index in [1.807, 2.05) is 36.4 Å². The highest BCUT2D eigenvalue weighted by Gasteiger charge is 2.28. The molecule has 0 spiro atoms. The Kier molecular flexibility index (Phi) is 2.59. The molecule has 0 aliphatic carbocycles. The zero-order valence-corrected chi connectivity index (χ0v) is 10.4. The topological polar surface area (TPSA) is 76.7 Å². The Bertz CT molecular complexity index is 694. The van der Waals surface area contributed by atoms with E-state index in [1.54, 1.807) is 7.11 Å². The van der Waals surface area contributed by atoms with Crippen LogP contribution in [0.4, 0.5) is 0 Å². The molecule has 0 aromatic heterocycles. The average Bonchev–Trinajstić information content (AvgIpc) is 2.76. The van der Waals surface area contributed by atoms with E-state index in [4.69, 9.17) is 10.5 Å². The predicted molar refractivity (Wildman–Crippen MR) is 73.0 cm³/mol. The highest BCUT2D eigenvalue weighted by Crippen LogP contribution is 2.33. The third-order valence-electron chi connectivity index (χ3n) is 3.20. The van der Waals surface area contributed by atoms with E-state index < -0.39 is 6.04 Å². The molecule has 0 saturated carbocycles. The molecule has 0 fully saturated rings. The molecule has 1 aliphatic heterocycles. The van der Waals surface area contributed by atoms with Crippen LogP contribution in [0.3, 0.4) is 0 Å². The van der Waals surface area contributed by atoms with Gasteiger partial charge in [-0.3, -0.25) is 10.1 Å². The maximum atomic E-state index is 11.8. The van der Waals surface area contributed by atoms with Crippen LogP contribution in [-0.2, 0) is 4.79 Å². The van der Waals surface area contributed by atoms with E-state index in [0.29, 0.717) is 0 Å². The first kappa shape index (κ1) is 11.5. The Morgan fingerprint density at radius 2 is 1.95 bits per heavy atom. The Morgan fingerprint density at radius 1 is 1.21 bits per heavy atom. The summed E-state index contributed by atoms with van der Waals surface area (Å²) in [6.07, 6.45) is 0. The molecule has 0 bridgehead atoms. The number of carbonyl (C=O) groups excluding carboxylic acids is 1. The second-order valence-corrected chi connectivity index (χ2v) is 4.31. The molecule has 96 valence electrons. The summed E-state index contributed by atoms with van der Waals surface area (Å²) in [5, 5.41) is 4.42. The first-order valence-corrected chi connectivity index (χ1v) is 5.90. The van der Waals surface area contributed by atoms with Crippen molar-refractivity contribution in [1.29, 1.82) is 0 Å². The number of guanidine groups is 1. The summed E-state index contributed by atoms with van der Waals surface area (Å²) in [5.41, 5.74) is 6.37. The lowest BCUT2D eigenvalue weighted by atomic mass is 9.98. The van der Waals surface area contributed by atoms with Gasteiger partial charge in [-0.05, 0) is 17.0 Å². The van der Waals surface area contributed by atoms with Gasteiger partial charge in [0.2, 0.25) is 0 Å². The average molecular weight is 255 g/mol. The normalized spacial score (nSPS) is 18.3. The van der Waals surface area contributed by atoms with Gasteiger partial charge in [0.05, 0.1) is 7.11 Å². The van der Waals surface area contributed by atoms with E-state index in [0.717, 1.165) is 22.1 Å². The molecule has 19 heavy (non-hydrogen) atoms. The van der Waals surface area contributed by atoms with Crippen molar-refractivity contribution in [3.05, 3.63) is 42.0 Å². The van der Waals surface area contributed by atoms with Crippen LogP contribution in [0.15, 0.2) is 41.4 Å². The molecule has 1 heterocycles. The van der Waals surface area contributed by atoms with Crippen molar-refractivity contribution in [1.82, 2.24) is 5.32 Å². The molecule has 5 heteroatoms. The number of nitrogens with one attached hydrogen (secondary N) is 1. The van der Waals surface area contributed by atoms with Crippen molar-refractivity contribution >= 4 is 22.6 Å². The van der Waals surface area contributed by atoms with E-state index in [9.17, 15) is 4.79 Å². The van der Waals surface area contributed by atoms with Crippen molar-refractivity contribution in [2.45, 2.75) is 6.04 Å². The SMILES string of the molecule is COc1ccc(C2N=C(N)NC2=O)c2ccccc12. The Morgan fingerprint density at radius 3 is 2.58 bits per heavy atom. The van der Waals surface area contributed by atoms with Crippen LogP contribution in [0.25, 0.3) is 10.8 Å². The number of carbonyl (C=O) groups is 1. The Hall–Kier alpha value is -2.56. The maximum absolute atomic E-state index is 11.8. The van der Waals surface area contributed by atoms with Crippen molar-refractivity contribution in [3.8, 4) is 5.75 Å². The highest BCUT2D eigenvalue weighted by atomic mass is 16.5. The largest absolute Gasteiger partial charge is 0.496 e. The third-order valence-corrected chi connectivity index (χ3v) is 3.20. The maximum Gasteiger partial charge on any atom is 0.256 e. The molecule has 2 aromatic carbocycles. The van der Waals surface area contributed by atoms with Gasteiger partial charge in [0.25, 0.3) is 5.91 Å². The van der Waals surface area contributed by atoms with E-state index in [-0.39, 0.29) is 11.9 Å². The molecule has 2 aromatic rings. The molecule has 3 rings (SSSR count). The third kappa shape index (κ3) is 1.79. The van der Waals surface area contributed by atoms with Gasteiger partial charge >= 0.3 is 0 Å². The van der Waals surface area contributed by atoms with E-state index in [2.05, 4.69) is 10.3 Å². The summed E-state index contributed by atoms with van der Waals surface area (Å²) >= 11 is 0. The summed E-state index contributed by atoms with van der Waals surface area (Å²) in [5.74, 6) is 0.734. The van der Waals surface area contributed by atoms with Gasteiger partial charge in [0.1, 0.15) is 5.75 Å². The number of fused-ring (bicyclic) bond motifs is 1. The highest BCUT2D eigenvalue weighted by molar-refractivity contribution is 6.06. The van der Waals surface area contributed by atoms with Crippen LogP contribution < -0.4 is 15.8 Å². The van der Waals surface area contributed by atoms with Crippen LogP contribution in [0.1, 0.15) is 11.6 Å². The lowest BCUT2D eigenvalue weighted by Crippen LogP contribution is -2.31. The lowest BCUT2D eigenvalue weighted by molar-refractivity contribution is -0.120. The van der Waals surface area contributed by atoms with Crippen molar-refractivity contribution in [3.63, 3.8) is 0 Å². The van der Waals surface area contributed by atoms with Gasteiger partial charge in [-0.15, -0.1) is 0 Å². The number of amides is 1. The van der Waals surface area contributed by atoms with Gasteiger partial charge in [-0.2, -0.15) is 0 Å². The van der Waals surface area contributed by atoms with Crippen LogP contribution in [0.5, 0.6) is 5.75 Å². The van der Waals surface area contributed by atoms with Gasteiger partial charge < -0.3 is 10.5 Å². The molecule has 3 N–H and O–H groups in total. The number of methoxy groups -OCH3 is 1. The molecule has 1 atom stereocenters. The standard InChI is InChI=1S/C14H13N3O2/c1-19-11-7-6-10(8-4-2-3-5-9(8)11)12-13(18)17-14(15)16-12/h2-7,12H,1H3,(H3,15,16,17,18).